The van der Waals surface area contributed by atoms with Crippen LogP contribution in [0.4, 0.5) is 5.69 Å². The lowest BCUT2D eigenvalue weighted by Crippen LogP contribution is -2.15. The molecule has 7 nitrogen and oxygen atoms in total. The van der Waals surface area contributed by atoms with Gasteiger partial charge in [-0.3, -0.25) is 4.79 Å². The molecule has 0 aliphatic heterocycles. The van der Waals surface area contributed by atoms with E-state index in [2.05, 4.69) is 31.2 Å². The van der Waals surface area contributed by atoms with Crippen molar-refractivity contribution in [3.8, 4) is 17.2 Å². The Hall–Kier alpha value is -3.48. The van der Waals surface area contributed by atoms with Crippen LogP contribution in [0.1, 0.15) is 53.7 Å². The molecular weight excluding hydrogens is 408 g/mol. The van der Waals surface area contributed by atoms with Gasteiger partial charge in [0, 0.05) is 5.56 Å². The fourth-order valence-corrected chi connectivity index (χ4v) is 3.25. The van der Waals surface area contributed by atoms with Crippen molar-refractivity contribution in [1.82, 2.24) is 5.16 Å². The molecule has 32 heavy (non-hydrogen) atoms. The van der Waals surface area contributed by atoms with Crippen LogP contribution in [-0.4, -0.2) is 25.3 Å². The summed E-state index contributed by atoms with van der Waals surface area (Å²) in [7, 11) is 3.12. The summed E-state index contributed by atoms with van der Waals surface area (Å²) in [6.45, 7) is 10.3. The average molecular weight is 439 g/mol. The van der Waals surface area contributed by atoms with E-state index in [1.165, 1.54) is 7.11 Å². The average Bonchev–Trinajstić information content (AvgIpc) is 3.08. The van der Waals surface area contributed by atoms with Gasteiger partial charge in [-0.05, 0) is 55.2 Å². The highest BCUT2D eigenvalue weighted by atomic mass is 16.5. The fraction of sp³-hybridized carbons (Fsp3) is 0.360. The van der Waals surface area contributed by atoms with E-state index in [0.717, 1.165) is 16.8 Å². The molecule has 1 N–H and O–H groups in total. The molecular formula is C25H30N2O5. The molecule has 0 atom stereocenters. The maximum Gasteiger partial charge on any atom is 0.255 e. The first-order valence-electron chi connectivity index (χ1n) is 10.4. The molecule has 1 heterocycles. The van der Waals surface area contributed by atoms with E-state index in [4.69, 9.17) is 18.7 Å². The number of aryl methyl sites for hydroxylation is 2. The summed E-state index contributed by atoms with van der Waals surface area (Å²) in [6.07, 6.45) is 0. The highest BCUT2D eigenvalue weighted by Gasteiger charge is 2.19. The van der Waals surface area contributed by atoms with Gasteiger partial charge in [-0.25, -0.2) is 0 Å². The van der Waals surface area contributed by atoms with Crippen molar-refractivity contribution < 1.29 is 23.5 Å². The molecule has 1 amide bonds. The Kier molecular flexibility index (Phi) is 6.77. The van der Waals surface area contributed by atoms with E-state index in [1.807, 2.05) is 32.0 Å². The number of nitrogens with zero attached hydrogens (tertiary/aromatic N) is 1. The van der Waals surface area contributed by atoms with E-state index in [-0.39, 0.29) is 11.3 Å². The lowest BCUT2D eigenvalue weighted by molar-refractivity contribution is 0.102. The largest absolute Gasteiger partial charge is 0.495 e. The number of hydrogen-bond acceptors (Lipinski definition) is 6. The minimum absolute atomic E-state index is 0.0603. The zero-order valence-electron chi connectivity index (χ0n) is 19.7. The Labute approximate surface area is 188 Å². The van der Waals surface area contributed by atoms with Gasteiger partial charge >= 0.3 is 0 Å². The molecule has 3 aromatic rings. The third kappa shape index (κ3) is 5.04. The van der Waals surface area contributed by atoms with Crippen LogP contribution in [-0.2, 0) is 12.0 Å². The number of methoxy groups -OCH3 is 2. The monoisotopic (exact) mass is 438 g/mol. The van der Waals surface area contributed by atoms with E-state index in [0.29, 0.717) is 40.9 Å². The van der Waals surface area contributed by atoms with Crippen LogP contribution in [0.2, 0.25) is 0 Å². The van der Waals surface area contributed by atoms with Crippen LogP contribution in [0, 0.1) is 13.8 Å². The maximum absolute atomic E-state index is 13.0. The molecule has 0 saturated heterocycles. The number of anilines is 1. The standard InChI is InChI=1S/C25H30N2O5/c1-15-19(16(2)32-27-15)14-31-22-10-8-17(12-23(22)30-7)24(28)26-20-13-18(25(3,4)5)9-11-21(20)29-6/h8-13H,14H2,1-7H3,(H,26,28). The lowest BCUT2D eigenvalue weighted by atomic mass is 9.87. The van der Waals surface area contributed by atoms with Gasteiger partial charge in [0.15, 0.2) is 11.5 Å². The van der Waals surface area contributed by atoms with Crippen LogP contribution >= 0.6 is 0 Å². The van der Waals surface area contributed by atoms with E-state index in [9.17, 15) is 4.79 Å². The quantitative estimate of drug-likeness (QED) is 0.529. The van der Waals surface area contributed by atoms with Gasteiger partial charge < -0.3 is 24.1 Å². The second-order valence-electron chi connectivity index (χ2n) is 8.58. The van der Waals surface area contributed by atoms with Crippen LogP contribution in [0.15, 0.2) is 40.9 Å². The Bertz CT molecular complexity index is 1090. The molecule has 0 fully saturated rings. The Morgan fingerprint density at radius 2 is 1.69 bits per heavy atom. The number of carbonyl (C=O) groups is 1. The maximum atomic E-state index is 13.0. The summed E-state index contributed by atoms with van der Waals surface area (Å²) in [4.78, 5) is 13.0. The Morgan fingerprint density at radius 3 is 2.28 bits per heavy atom. The fourth-order valence-electron chi connectivity index (χ4n) is 3.25. The first-order chi connectivity index (χ1) is 15.1. The van der Waals surface area contributed by atoms with Crippen LogP contribution in [0.3, 0.4) is 0 Å². The number of rotatable bonds is 7. The van der Waals surface area contributed by atoms with Crippen LogP contribution in [0.25, 0.3) is 0 Å². The van der Waals surface area contributed by atoms with Gasteiger partial charge in [0.2, 0.25) is 0 Å². The predicted molar refractivity (Wildman–Crippen MR) is 123 cm³/mol. The SMILES string of the molecule is COc1ccc(C(C)(C)C)cc1NC(=O)c1ccc(OCc2c(C)noc2C)c(OC)c1. The molecule has 0 spiro atoms. The van der Waals surface area contributed by atoms with Gasteiger partial charge in [-0.15, -0.1) is 0 Å². The highest BCUT2D eigenvalue weighted by Crippen LogP contribution is 2.33. The molecule has 0 bridgehead atoms. The van der Waals surface area contributed by atoms with Crippen molar-refractivity contribution >= 4 is 11.6 Å². The van der Waals surface area contributed by atoms with Crippen molar-refractivity contribution in [1.29, 1.82) is 0 Å². The number of benzene rings is 2. The minimum atomic E-state index is -0.273. The third-order valence-electron chi connectivity index (χ3n) is 5.29. The third-order valence-corrected chi connectivity index (χ3v) is 5.29. The summed E-state index contributed by atoms with van der Waals surface area (Å²) in [6, 6.07) is 10.9. The van der Waals surface area contributed by atoms with Gasteiger partial charge in [-0.1, -0.05) is 32.0 Å². The topological polar surface area (TPSA) is 82.8 Å². The summed E-state index contributed by atoms with van der Waals surface area (Å²) >= 11 is 0. The summed E-state index contributed by atoms with van der Waals surface area (Å²) < 4.78 is 22.0. The van der Waals surface area contributed by atoms with Crippen LogP contribution < -0.4 is 19.5 Å². The molecule has 1 aromatic heterocycles. The smallest absolute Gasteiger partial charge is 0.255 e. The number of ether oxygens (including phenoxy) is 3. The summed E-state index contributed by atoms with van der Waals surface area (Å²) in [5, 5.41) is 6.88. The van der Waals surface area contributed by atoms with E-state index >= 15 is 0 Å². The molecule has 0 unspecified atom stereocenters. The molecule has 2 aromatic carbocycles. The zero-order valence-corrected chi connectivity index (χ0v) is 19.7. The first-order valence-corrected chi connectivity index (χ1v) is 10.4. The van der Waals surface area contributed by atoms with Crippen molar-refractivity contribution in [2.24, 2.45) is 0 Å². The second-order valence-corrected chi connectivity index (χ2v) is 8.58. The molecule has 3 rings (SSSR count). The number of carbonyl (C=O) groups excluding carboxylic acids is 1. The predicted octanol–water partition coefficient (Wildman–Crippen LogP) is 5.44. The molecule has 0 aliphatic carbocycles. The number of nitrogens with one attached hydrogen (secondary N) is 1. The molecule has 0 aliphatic rings. The number of aromatic nitrogens is 1. The van der Waals surface area contributed by atoms with Gasteiger partial charge in [0.1, 0.15) is 18.1 Å². The van der Waals surface area contributed by atoms with Crippen molar-refractivity contribution in [2.75, 3.05) is 19.5 Å². The Morgan fingerprint density at radius 1 is 1.00 bits per heavy atom. The molecule has 7 heteroatoms. The van der Waals surface area contributed by atoms with Crippen LogP contribution in [0.5, 0.6) is 17.2 Å². The van der Waals surface area contributed by atoms with E-state index in [1.54, 1.807) is 25.3 Å². The second kappa shape index (κ2) is 9.34. The summed E-state index contributed by atoms with van der Waals surface area (Å²) in [5.41, 5.74) is 3.75. The number of hydrogen-bond donors (Lipinski definition) is 1. The van der Waals surface area contributed by atoms with Crippen molar-refractivity contribution in [3.05, 3.63) is 64.5 Å². The first kappa shape index (κ1) is 23.2. The normalized spacial score (nSPS) is 11.2. The van der Waals surface area contributed by atoms with Gasteiger partial charge in [0.05, 0.1) is 31.2 Å². The zero-order chi connectivity index (χ0) is 23.5. The highest BCUT2D eigenvalue weighted by molar-refractivity contribution is 6.05. The van der Waals surface area contributed by atoms with Crippen molar-refractivity contribution in [3.63, 3.8) is 0 Å². The summed E-state index contributed by atoms with van der Waals surface area (Å²) in [5.74, 6) is 2.02. The molecule has 170 valence electrons. The number of amides is 1. The van der Waals surface area contributed by atoms with Gasteiger partial charge in [0.25, 0.3) is 5.91 Å². The molecule has 0 radical (unpaired) electrons. The Balaban J connectivity index is 1.80. The lowest BCUT2D eigenvalue weighted by Gasteiger charge is -2.21. The van der Waals surface area contributed by atoms with Crippen molar-refractivity contribution in [2.45, 2.75) is 46.6 Å². The minimum Gasteiger partial charge on any atom is -0.495 e. The molecule has 0 saturated carbocycles. The van der Waals surface area contributed by atoms with E-state index < -0.39 is 0 Å². The van der Waals surface area contributed by atoms with Gasteiger partial charge in [-0.2, -0.15) is 0 Å².